The highest BCUT2D eigenvalue weighted by Gasteiger charge is 2.16. The molecule has 2 rings (SSSR count). The normalized spacial score (nSPS) is 10.2. The predicted molar refractivity (Wildman–Crippen MR) is 87.6 cm³/mol. The molecule has 0 aromatic heterocycles. The molecule has 0 aliphatic carbocycles. The number of carbonyl (C=O) groups is 2. The molecular weight excluding hydrogens is 294 g/mol. The van der Waals surface area contributed by atoms with Gasteiger partial charge >= 0.3 is 5.97 Å². The molecule has 0 unspecified atom stereocenters. The van der Waals surface area contributed by atoms with Crippen LogP contribution >= 0.6 is 0 Å². The lowest BCUT2D eigenvalue weighted by atomic mass is 10.0. The number of Topliss-reactive ketones (excluding diaryl/α,β-unsaturated/α-hetero) is 1. The quantitative estimate of drug-likeness (QED) is 0.503. The minimum Gasteiger partial charge on any atom is -0.489 e. The van der Waals surface area contributed by atoms with Crippen LogP contribution in [0.2, 0.25) is 0 Å². The molecule has 0 amide bonds. The van der Waals surface area contributed by atoms with Crippen LogP contribution in [-0.2, 0) is 11.3 Å². The molecule has 0 radical (unpaired) electrons. The van der Waals surface area contributed by atoms with Crippen LogP contribution in [0.4, 0.5) is 5.69 Å². The molecule has 0 aliphatic rings. The van der Waals surface area contributed by atoms with E-state index in [0.717, 1.165) is 5.56 Å². The van der Waals surface area contributed by atoms with Gasteiger partial charge in [0.25, 0.3) is 0 Å². The van der Waals surface area contributed by atoms with Crippen LogP contribution in [-0.4, -0.2) is 18.4 Å². The molecule has 0 aliphatic heterocycles. The number of ether oxygens (including phenoxy) is 2. The van der Waals surface area contributed by atoms with Gasteiger partial charge in [0.05, 0.1) is 12.2 Å². The molecule has 5 heteroatoms. The zero-order chi connectivity index (χ0) is 16.8. The summed E-state index contributed by atoms with van der Waals surface area (Å²) in [7, 11) is 0. The topological polar surface area (TPSA) is 78.6 Å². The Morgan fingerprint density at radius 1 is 1.04 bits per heavy atom. The van der Waals surface area contributed by atoms with E-state index < -0.39 is 5.97 Å². The Morgan fingerprint density at radius 2 is 1.74 bits per heavy atom. The first kappa shape index (κ1) is 16.5. The van der Waals surface area contributed by atoms with E-state index in [0.29, 0.717) is 23.6 Å². The maximum absolute atomic E-state index is 12.0. The number of hydrogen-bond acceptors (Lipinski definition) is 5. The number of carbonyl (C=O) groups excluding carboxylic acids is 2. The van der Waals surface area contributed by atoms with Gasteiger partial charge in [0, 0.05) is 11.3 Å². The third-order valence-electron chi connectivity index (χ3n) is 3.25. The zero-order valence-electron chi connectivity index (χ0n) is 13.2. The standard InChI is InChI=1S/C18H19NO4/c1-3-22-18(21)17-10-15(8-9-16(17)12(2)20)23-11-13-4-6-14(19)7-5-13/h4-10H,3,11,19H2,1-2H3. The summed E-state index contributed by atoms with van der Waals surface area (Å²) < 4.78 is 10.7. The highest BCUT2D eigenvalue weighted by molar-refractivity contribution is 6.05. The summed E-state index contributed by atoms with van der Waals surface area (Å²) in [5, 5.41) is 0. The van der Waals surface area contributed by atoms with Crippen LogP contribution in [0.1, 0.15) is 40.1 Å². The number of nitrogens with two attached hydrogens (primary N) is 1. The first-order valence-corrected chi connectivity index (χ1v) is 7.30. The van der Waals surface area contributed by atoms with Crippen molar-refractivity contribution in [1.29, 1.82) is 0 Å². The molecule has 5 nitrogen and oxygen atoms in total. The maximum Gasteiger partial charge on any atom is 0.338 e. The lowest BCUT2D eigenvalue weighted by Gasteiger charge is -2.11. The summed E-state index contributed by atoms with van der Waals surface area (Å²) in [6.07, 6.45) is 0. The van der Waals surface area contributed by atoms with E-state index in [9.17, 15) is 9.59 Å². The molecule has 23 heavy (non-hydrogen) atoms. The smallest absolute Gasteiger partial charge is 0.338 e. The van der Waals surface area contributed by atoms with Crippen LogP contribution in [0.25, 0.3) is 0 Å². The molecule has 0 saturated heterocycles. The highest BCUT2D eigenvalue weighted by Crippen LogP contribution is 2.21. The van der Waals surface area contributed by atoms with E-state index in [1.165, 1.54) is 13.0 Å². The SMILES string of the molecule is CCOC(=O)c1cc(OCc2ccc(N)cc2)ccc1C(C)=O. The van der Waals surface area contributed by atoms with Crippen LogP contribution in [0.5, 0.6) is 5.75 Å². The average molecular weight is 313 g/mol. The Kier molecular flexibility index (Phi) is 5.36. The Balaban J connectivity index is 2.19. The van der Waals surface area contributed by atoms with Gasteiger partial charge in [-0.05, 0) is 49.7 Å². The lowest BCUT2D eigenvalue weighted by Crippen LogP contribution is -2.11. The first-order chi connectivity index (χ1) is 11.0. The second-order valence-corrected chi connectivity index (χ2v) is 5.01. The summed E-state index contributed by atoms with van der Waals surface area (Å²) in [5.41, 5.74) is 7.81. The number of esters is 1. The highest BCUT2D eigenvalue weighted by atomic mass is 16.5. The Bertz CT molecular complexity index is 707. The minimum absolute atomic E-state index is 0.196. The first-order valence-electron chi connectivity index (χ1n) is 7.30. The van der Waals surface area contributed by atoms with Crippen molar-refractivity contribution in [1.82, 2.24) is 0 Å². The molecule has 120 valence electrons. The number of anilines is 1. The summed E-state index contributed by atoms with van der Waals surface area (Å²) in [6, 6.07) is 12.1. The van der Waals surface area contributed by atoms with Gasteiger partial charge < -0.3 is 15.2 Å². The second-order valence-electron chi connectivity index (χ2n) is 5.01. The number of rotatable bonds is 6. The van der Waals surface area contributed by atoms with Gasteiger partial charge in [0.1, 0.15) is 12.4 Å². The molecule has 0 bridgehead atoms. The van der Waals surface area contributed by atoms with Gasteiger partial charge in [-0.3, -0.25) is 4.79 Å². The largest absolute Gasteiger partial charge is 0.489 e. The Hall–Kier alpha value is -2.82. The minimum atomic E-state index is -0.532. The molecule has 2 aromatic carbocycles. The number of benzene rings is 2. The van der Waals surface area contributed by atoms with Crippen LogP contribution in [0, 0.1) is 0 Å². The molecule has 2 aromatic rings. The van der Waals surface area contributed by atoms with Crippen LogP contribution in [0.15, 0.2) is 42.5 Å². The molecule has 0 fully saturated rings. The number of nitrogen functional groups attached to an aromatic ring is 1. The molecule has 0 heterocycles. The van der Waals surface area contributed by atoms with Crippen molar-refractivity contribution in [2.75, 3.05) is 12.3 Å². The van der Waals surface area contributed by atoms with Gasteiger partial charge in [0.2, 0.25) is 0 Å². The van der Waals surface area contributed by atoms with Crippen LogP contribution < -0.4 is 10.5 Å². The van der Waals surface area contributed by atoms with Gasteiger partial charge in [0.15, 0.2) is 5.78 Å². The van der Waals surface area contributed by atoms with Crippen molar-refractivity contribution in [2.45, 2.75) is 20.5 Å². The number of hydrogen-bond donors (Lipinski definition) is 1. The summed E-state index contributed by atoms with van der Waals surface area (Å²) in [5.74, 6) is -0.233. The molecule has 0 spiro atoms. The van der Waals surface area contributed by atoms with Crippen LogP contribution in [0.3, 0.4) is 0 Å². The van der Waals surface area contributed by atoms with Crippen molar-refractivity contribution >= 4 is 17.4 Å². The van der Waals surface area contributed by atoms with Crippen molar-refractivity contribution < 1.29 is 19.1 Å². The van der Waals surface area contributed by atoms with Gasteiger partial charge in [-0.15, -0.1) is 0 Å². The van der Waals surface area contributed by atoms with Gasteiger partial charge in [-0.25, -0.2) is 4.79 Å². The van der Waals surface area contributed by atoms with E-state index in [-0.39, 0.29) is 18.0 Å². The van der Waals surface area contributed by atoms with E-state index >= 15 is 0 Å². The Labute approximate surface area is 135 Å². The zero-order valence-corrected chi connectivity index (χ0v) is 13.2. The third kappa shape index (κ3) is 4.32. The fraction of sp³-hybridized carbons (Fsp3) is 0.222. The predicted octanol–water partition coefficient (Wildman–Crippen LogP) is 3.23. The van der Waals surface area contributed by atoms with Gasteiger partial charge in [-0.1, -0.05) is 12.1 Å². The second kappa shape index (κ2) is 7.45. The molecular formula is C18H19NO4. The fourth-order valence-electron chi connectivity index (χ4n) is 2.08. The molecule has 0 atom stereocenters. The maximum atomic E-state index is 12.0. The fourth-order valence-corrected chi connectivity index (χ4v) is 2.08. The Morgan fingerprint density at radius 3 is 2.35 bits per heavy atom. The van der Waals surface area contributed by atoms with Crippen molar-refractivity contribution in [3.8, 4) is 5.75 Å². The lowest BCUT2D eigenvalue weighted by molar-refractivity contribution is 0.0522. The summed E-state index contributed by atoms with van der Waals surface area (Å²) in [6.45, 7) is 3.70. The van der Waals surface area contributed by atoms with E-state index in [2.05, 4.69) is 0 Å². The monoisotopic (exact) mass is 313 g/mol. The summed E-state index contributed by atoms with van der Waals surface area (Å²) in [4.78, 5) is 23.6. The van der Waals surface area contributed by atoms with Crippen molar-refractivity contribution in [3.05, 3.63) is 59.2 Å². The van der Waals surface area contributed by atoms with E-state index in [1.807, 2.05) is 12.1 Å². The van der Waals surface area contributed by atoms with E-state index in [4.69, 9.17) is 15.2 Å². The third-order valence-corrected chi connectivity index (χ3v) is 3.25. The van der Waals surface area contributed by atoms with E-state index in [1.54, 1.807) is 31.2 Å². The average Bonchev–Trinajstić information content (AvgIpc) is 2.54. The van der Waals surface area contributed by atoms with Crippen molar-refractivity contribution in [3.63, 3.8) is 0 Å². The van der Waals surface area contributed by atoms with Crippen molar-refractivity contribution in [2.24, 2.45) is 0 Å². The summed E-state index contributed by atoms with van der Waals surface area (Å²) >= 11 is 0. The number of ketones is 1. The molecule has 0 saturated carbocycles. The van der Waals surface area contributed by atoms with Gasteiger partial charge in [-0.2, -0.15) is 0 Å². The molecule has 2 N–H and O–H groups in total.